The molecule has 0 saturated carbocycles. The Morgan fingerprint density at radius 2 is 2.26 bits per heavy atom. The predicted octanol–water partition coefficient (Wildman–Crippen LogP) is 1.77. The van der Waals surface area contributed by atoms with Gasteiger partial charge in [-0.1, -0.05) is 16.5 Å². The van der Waals surface area contributed by atoms with Gasteiger partial charge < -0.3 is 14.3 Å². The number of carbonyl (C=O) groups is 1. The van der Waals surface area contributed by atoms with Gasteiger partial charge in [0.1, 0.15) is 11.3 Å². The van der Waals surface area contributed by atoms with Crippen molar-refractivity contribution in [3.8, 4) is 0 Å². The molecule has 0 aromatic carbocycles. The number of anilines is 1. The lowest BCUT2D eigenvalue weighted by molar-refractivity contribution is -0.128. The van der Waals surface area contributed by atoms with E-state index in [1.807, 2.05) is 18.7 Å². The fourth-order valence-electron chi connectivity index (χ4n) is 3.72. The largest absolute Gasteiger partial charge is 0.361 e. The maximum atomic E-state index is 12.5. The summed E-state index contributed by atoms with van der Waals surface area (Å²) in [6.45, 7) is 7.05. The normalized spacial score (nSPS) is 24.3. The highest BCUT2D eigenvalue weighted by atomic mass is 32.1. The van der Waals surface area contributed by atoms with E-state index in [9.17, 15) is 4.79 Å². The number of amides is 1. The third-order valence-corrected chi connectivity index (χ3v) is 5.74. The van der Waals surface area contributed by atoms with Crippen LogP contribution in [0.4, 0.5) is 5.13 Å². The Hall–Kier alpha value is -1.96. The first-order chi connectivity index (χ1) is 11.1. The first-order valence-corrected chi connectivity index (χ1v) is 8.65. The van der Waals surface area contributed by atoms with Gasteiger partial charge in [0.05, 0.1) is 12.2 Å². The van der Waals surface area contributed by atoms with Crippen LogP contribution in [0.5, 0.6) is 0 Å². The van der Waals surface area contributed by atoms with Crippen LogP contribution in [0.15, 0.2) is 10.0 Å². The molecule has 2 saturated heterocycles. The van der Waals surface area contributed by atoms with E-state index in [2.05, 4.69) is 20.3 Å². The summed E-state index contributed by atoms with van der Waals surface area (Å²) < 4.78 is 5.21. The lowest BCUT2D eigenvalue weighted by atomic mass is 9.86. The van der Waals surface area contributed by atoms with Crippen LogP contribution >= 0.6 is 11.3 Å². The molecule has 0 aliphatic carbocycles. The van der Waals surface area contributed by atoms with E-state index in [0.29, 0.717) is 13.0 Å². The molecule has 1 amide bonds. The molecule has 0 unspecified atom stereocenters. The second-order valence-corrected chi connectivity index (χ2v) is 7.43. The number of nitrogens with zero attached hydrogens (tertiary/aromatic N) is 5. The van der Waals surface area contributed by atoms with Crippen molar-refractivity contribution < 1.29 is 9.32 Å². The van der Waals surface area contributed by atoms with E-state index in [1.54, 1.807) is 16.8 Å². The van der Waals surface area contributed by atoms with Gasteiger partial charge in [-0.15, -0.1) is 10.2 Å². The fourth-order valence-corrected chi connectivity index (χ4v) is 4.31. The number of aromatic nitrogens is 3. The number of rotatable bonds is 3. The zero-order chi connectivity index (χ0) is 16.0. The lowest BCUT2D eigenvalue weighted by Gasteiger charge is -2.23. The number of carbonyl (C=O) groups excluding carboxylic acids is 1. The molecule has 4 rings (SSSR count). The van der Waals surface area contributed by atoms with Gasteiger partial charge in [-0.05, 0) is 20.3 Å². The number of likely N-dealkylation sites (tertiary alicyclic amines) is 1. The average Bonchev–Trinajstić information content (AvgIpc) is 3.27. The van der Waals surface area contributed by atoms with E-state index in [-0.39, 0.29) is 11.3 Å². The second kappa shape index (κ2) is 5.30. The van der Waals surface area contributed by atoms with E-state index >= 15 is 0 Å². The van der Waals surface area contributed by atoms with Crippen molar-refractivity contribution in [2.45, 2.75) is 33.2 Å². The molecule has 2 aromatic rings. The van der Waals surface area contributed by atoms with Gasteiger partial charge in [0.2, 0.25) is 11.0 Å². The smallest absolute Gasteiger partial charge is 0.223 e. The zero-order valence-corrected chi connectivity index (χ0v) is 14.1. The minimum Gasteiger partial charge on any atom is -0.361 e. The molecule has 0 radical (unpaired) electrons. The number of aryl methyl sites for hydroxylation is 2. The Morgan fingerprint density at radius 1 is 1.39 bits per heavy atom. The summed E-state index contributed by atoms with van der Waals surface area (Å²) in [5.41, 5.74) is 3.71. The minimum absolute atomic E-state index is 0.0434. The minimum atomic E-state index is 0.0434. The quantitative estimate of drug-likeness (QED) is 0.852. The van der Waals surface area contributed by atoms with Gasteiger partial charge in [-0.25, -0.2) is 0 Å². The highest BCUT2D eigenvalue weighted by Gasteiger charge is 2.48. The van der Waals surface area contributed by atoms with Gasteiger partial charge in [0.25, 0.3) is 0 Å². The summed E-state index contributed by atoms with van der Waals surface area (Å²) in [6, 6.07) is 0. The Labute approximate surface area is 138 Å². The highest BCUT2D eigenvalue weighted by molar-refractivity contribution is 7.13. The maximum absolute atomic E-state index is 12.5. The van der Waals surface area contributed by atoms with Crippen LogP contribution in [-0.2, 0) is 11.3 Å². The van der Waals surface area contributed by atoms with Gasteiger partial charge >= 0.3 is 0 Å². The van der Waals surface area contributed by atoms with Crippen molar-refractivity contribution in [3.05, 3.63) is 22.5 Å². The molecule has 2 aliphatic heterocycles. The van der Waals surface area contributed by atoms with E-state index < -0.39 is 0 Å². The molecular formula is C15H19N5O2S. The van der Waals surface area contributed by atoms with Crippen LogP contribution in [0, 0.1) is 19.3 Å². The van der Waals surface area contributed by atoms with Gasteiger partial charge in [-0.3, -0.25) is 4.79 Å². The van der Waals surface area contributed by atoms with Crippen molar-refractivity contribution in [1.29, 1.82) is 0 Å². The van der Waals surface area contributed by atoms with Crippen LogP contribution < -0.4 is 4.90 Å². The Bertz CT molecular complexity index is 709. The summed E-state index contributed by atoms with van der Waals surface area (Å²) in [5.74, 6) is 1.03. The predicted molar refractivity (Wildman–Crippen MR) is 85.2 cm³/mol. The summed E-state index contributed by atoms with van der Waals surface area (Å²) >= 11 is 1.56. The number of hydrogen-bond acceptors (Lipinski definition) is 7. The molecule has 122 valence electrons. The summed E-state index contributed by atoms with van der Waals surface area (Å²) in [6.07, 6.45) is 1.64. The van der Waals surface area contributed by atoms with Crippen LogP contribution in [0.2, 0.25) is 0 Å². The van der Waals surface area contributed by atoms with Crippen molar-refractivity contribution in [2.24, 2.45) is 5.41 Å². The molecule has 0 N–H and O–H groups in total. The Morgan fingerprint density at radius 3 is 2.96 bits per heavy atom. The molecule has 1 atom stereocenters. The van der Waals surface area contributed by atoms with Crippen LogP contribution in [-0.4, -0.2) is 45.8 Å². The first kappa shape index (κ1) is 14.6. The SMILES string of the molecule is Cc1noc(C)c1CN1C[C@]2(CCN(c3nncs3)C2)CC1=O. The van der Waals surface area contributed by atoms with Crippen molar-refractivity contribution in [3.63, 3.8) is 0 Å². The molecule has 0 bridgehead atoms. The molecule has 1 spiro atoms. The van der Waals surface area contributed by atoms with Gasteiger partial charge in [0, 0.05) is 37.0 Å². The third-order valence-electron chi connectivity index (χ3n) is 4.99. The molecular weight excluding hydrogens is 314 g/mol. The molecule has 2 aromatic heterocycles. The topological polar surface area (TPSA) is 75.4 Å². The van der Waals surface area contributed by atoms with Crippen LogP contribution in [0.3, 0.4) is 0 Å². The van der Waals surface area contributed by atoms with E-state index in [1.165, 1.54) is 0 Å². The average molecular weight is 333 g/mol. The van der Waals surface area contributed by atoms with E-state index in [4.69, 9.17) is 4.52 Å². The van der Waals surface area contributed by atoms with Crippen LogP contribution in [0.25, 0.3) is 0 Å². The summed E-state index contributed by atoms with van der Waals surface area (Å²) in [5, 5.41) is 13.0. The first-order valence-electron chi connectivity index (χ1n) is 7.77. The molecule has 8 heteroatoms. The summed E-state index contributed by atoms with van der Waals surface area (Å²) in [4.78, 5) is 16.7. The maximum Gasteiger partial charge on any atom is 0.223 e. The Kier molecular flexibility index (Phi) is 3.37. The molecule has 7 nitrogen and oxygen atoms in total. The second-order valence-electron chi connectivity index (χ2n) is 6.62. The van der Waals surface area contributed by atoms with Crippen molar-refractivity contribution >= 4 is 22.4 Å². The molecule has 2 aliphatic rings. The lowest BCUT2D eigenvalue weighted by Crippen LogP contribution is -2.31. The van der Waals surface area contributed by atoms with Gasteiger partial charge in [-0.2, -0.15) is 0 Å². The van der Waals surface area contributed by atoms with Crippen LogP contribution in [0.1, 0.15) is 29.9 Å². The molecule has 23 heavy (non-hydrogen) atoms. The standard InChI is InChI=1S/C15H19N5O2S/c1-10-12(11(2)22-18-10)6-20-8-15(5-13(20)21)3-4-19(7-15)14-17-16-9-23-14/h9H,3-8H2,1-2H3/t15-/m1/s1. The van der Waals surface area contributed by atoms with E-state index in [0.717, 1.165) is 48.2 Å². The molecule has 2 fully saturated rings. The van der Waals surface area contributed by atoms with Gasteiger partial charge in [0.15, 0.2) is 0 Å². The monoisotopic (exact) mass is 333 g/mol. The highest BCUT2D eigenvalue weighted by Crippen LogP contribution is 2.42. The van der Waals surface area contributed by atoms with Crippen molar-refractivity contribution in [2.75, 3.05) is 24.5 Å². The van der Waals surface area contributed by atoms with Crippen molar-refractivity contribution in [1.82, 2.24) is 20.3 Å². The zero-order valence-electron chi connectivity index (χ0n) is 13.3. The third kappa shape index (κ3) is 2.50. The number of hydrogen-bond donors (Lipinski definition) is 0. The molecule has 4 heterocycles. The Balaban J connectivity index is 1.48. The summed E-state index contributed by atoms with van der Waals surface area (Å²) in [7, 11) is 0. The fraction of sp³-hybridized carbons (Fsp3) is 0.600.